The standard InChI is InChI=1S/C16H18BrFN2/c1-10-7-13(8-11(2)20-10)15(19-3)9-12-5-4-6-14(18)16(12)17/h4-8,15,19H,9H2,1-3H3. The molecule has 1 N–H and O–H groups in total. The number of likely N-dealkylation sites (N-methyl/N-ethyl adjacent to an activating group) is 1. The maximum atomic E-state index is 13.6. The molecule has 2 aromatic rings. The summed E-state index contributed by atoms with van der Waals surface area (Å²) in [6, 6.07) is 9.42. The van der Waals surface area contributed by atoms with E-state index >= 15 is 0 Å². The highest BCUT2D eigenvalue weighted by molar-refractivity contribution is 9.10. The third-order valence-corrected chi connectivity index (χ3v) is 4.20. The average molecular weight is 337 g/mol. The molecule has 4 heteroatoms. The van der Waals surface area contributed by atoms with Gasteiger partial charge in [-0.05, 0) is 72.6 Å². The fourth-order valence-electron chi connectivity index (χ4n) is 2.38. The molecule has 0 saturated heterocycles. The zero-order valence-electron chi connectivity index (χ0n) is 11.9. The molecule has 1 unspecified atom stereocenters. The van der Waals surface area contributed by atoms with Crippen LogP contribution in [0.1, 0.15) is 28.6 Å². The molecule has 1 atom stereocenters. The SMILES string of the molecule is CNC(Cc1cccc(F)c1Br)c1cc(C)nc(C)c1. The van der Waals surface area contributed by atoms with Crippen LogP contribution in [0.15, 0.2) is 34.8 Å². The van der Waals surface area contributed by atoms with Crippen molar-refractivity contribution in [3.05, 3.63) is 63.1 Å². The van der Waals surface area contributed by atoms with Crippen LogP contribution in [0.2, 0.25) is 0 Å². The summed E-state index contributed by atoms with van der Waals surface area (Å²) in [5.74, 6) is -0.223. The van der Waals surface area contributed by atoms with Gasteiger partial charge in [0.25, 0.3) is 0 Å². The third-order valence-electron chi connectivity index (χ3n) is 3.31. The number of hydrogen-bond donors (Lipinski definition) is 1. The van der Waals surface area contributed by atoms with E-state index in [1.165, 1.54) is 11.6 Å². The van der Waals surface area contributed by atoms with Crippen molar-refractivity contribution in [3.8, 4) is 0 Å². The number of nitrogens with one attached hydrogen (secondary N) is 1. The van der Waals surface area contributed by atoms with Crippen LogP contribution in [0.25, 0.3) is 0 Å². The summed E-state index contributed by atoms with van der Waals surface area (Å²) in [7, 11) is 1.92. The van der Waals surface area contributed by atoms with E-state index in [4.69, 9.17) is 0 Å². The normalized spacial score (nSPS) is 12.4. The minimum atomic E-state index is -0.223. The van der Waals surface area contributed by atoms with Gasteiger partial charge in [-0.2, -0.15) is 0 Å². The van der Waals surface area contributed by atoms with Gasteiger partial charge in [-0.25, -0.2) is 4.39 Å². The average Bonchev–Trinajstić information content (AvgIpc) is 2.39. The molecule has 1 heterocycles. The summed E-state index contributed by atoms with van der Waals surface area (Å²) < 4.78 is 14.1. The topological polar surface area (TPSA) is 24.9 Å². The van der Waals surface area contributed by atoms with Crippen LogP contribution in [0.5, 0.6) is 0 Å². The number of aromatic nitrogens is 1. The number of halogens is 2. The minimum absolute atomic E-state index is 0.133. The van der Waals surface area contributed by atoms with Crippen molar-refractivity contribution in [3.63, 3.8) is 0 Å². The van der Waals surface area contributed by atoms with Gasteiger partial charge in [-0.1, -0.05) is 12.1 Å². The molecule has 0 aliphatic rings. The van der Waals surface area contributed by atoms with E-state index in [-0.39, 0.29) is 11.9 Å². The van der Waals surface area contributed by atoms with E-state index in [0.29, 0.717) is 4.47 Å². The zero-order valence-corrected chi connectivity index (χ0v) is 13.5. The van der Waals surface area contributed by atoms with Crippen molar-refractivity contribution in [2.45, 2.75) is 26.3 Å². The Kier molecular flexibility index (Phi) is 4.89. The van der Waals surface area contributed by atoms with Crippen LogP contribution in [-0.4, -0.2) is 12.0 Å². The molecule has 106 valence electrons. The first-order chi connectivity index (χ1) is 9.51. The van der Waals surface area contributed by atoms with Crippen molar-refractivity contribution in [2.24, 2.45) is 0 Å². The maximum Gasteiger partial charge on any atom is 0.137 e. The Hall–Kier alpha value is -1.26. The fraction of sp³-hybridized carbons (Fsp3) is 0.312. The summed E-state index contributed by atoms with van der Waals surface area (Å²) in [6.07, 6.45) is 0.720. The van der Waals surface area contributed by atoms with Gasteiger partial charge in [0.15, 0.2) is 0 Å². The van der Waals surface area contributed by atoms with E-state index in [1.807, 2.05) is 27.0 Å². The van der Waals surface area contributed by atoms with Gasteiger partial charge in [-0.15, -0.1) is 0 Å². The number of pyridine rings is 1. The molecule has 0 saturated carbocycles. The molecule has 2 rings (SSSR count). The second kappa shape index (κ2) is 6.46. The Bertz CT molecular complexity index is 593. The van der Waals surface area contributed by atoms with Crippen molar-refractivity contribution >= 4 is 15.9 Å². The lowest BCUT2D eigenvalue weighted by molar-refractivity contribution is 0.579. The largest absolute Gasteiger partial charge is 0.313 e. The summed E-state index contributed by atoms with van der Waals surface area (Å²) in [4.78, 5) is 4.39. The highest BCUT2D eigenvalue weighted by atomic mass is 79.9. The first-order valence-electron chi connectivity index (χ1n) is 6.56. The lowest BCUT2D eigenvalue weighted by atomic mass is 9.98. The van der Waals surface area contributed by atoms with Crippen LogP contribution >= 0.6 is 15.9 Å². The molecule has 1 aromatic carbocycles. The van der Waals surface area contributed by atoms with Crippen LogP contribution in [0, 0.1) is 19.7 Å². The maximum absolute atomic E-state index is 13.6. The summed E-state index contributed by atoms with van der Waals surface area (Å²) in [5, 5.41) is 3.30. The second-order valence-corrected chi connectivity index (χ2v) is 5.73. The molecule has 0 fully saturated rings. The highest BCUT2D eigenvalue weighted by Crippen LogP contribution is 2.26. The van der Waals surface area contributed by atoms with Gasteiger partial charge in [0.1, 0.15) is 5.82 Å². The third kappa shape index (κ3) is 3.44. The Balaban J connectivity index is 2.31. The number of aryl methyl sites for hydroxylation is 2. The quantitative estimate of drug-likeness (QED) is 0.908. The van der Waals surface area contributed by atoms with E-state index < -0.39 is 0 Å². The second-order valence-electron chi connectivity index (χ2n) is 4.94. The molecule has 0 bridgehead atoms. The Morgan fingerprint density at radius 1 is 1.25 bits per heavy atom. The first-order valence-corrected chi connectivity index (χ1v) is 7.36. The van der Waals surface area contributed by atoms with Crippen LogP contribution in [0.4, 0.5) is 4.39 Å². The van der Waals surface area contributed by atoms with Gasteiger partial charge >= 0.3 is 0 Å². The van der Waals surface area contributed by atoms with Crippen LogP contribution < -0.4 is 5.32 Å². The summed E-state index contributed by atoms with van der Waals surface area (Å²) in [5.41, 5.74) is 4.13. The molecule has 0 radical (unpaired) electrons. The number of benzene rings is 1. The van der Waals surface area contributed by atoms with E-state index in [9.17, 15) is 4.39 Å². The van der Waals surface area contributed by atoms with E-state index in [2.05, 4.69) is 38.4 Å². The van der Waals surface area contributed by atoms with Crippen LogP contribution in [-0.2, 0) is 6.42 Å². The summed E-state index contributed by atoms with van der Waals surface area (Å²) in [6.45, 7) is 3.97. The molecule has 0 aliphatic carbocycles. The molecule has 1 aromatic heterocycles. The monoisotopic (exact) mass is 336 g/mol. The van der Waals surface area contributed by atoms with E-state index in [0.717, 1.165) is 23.4 Å². The molecule has 0 spiro atoms. The number of rotatable bonds is 4. The summed E-state index contributed by atoms with van der Waals surface area (Å²) >= 11 is 3.32. The molecule has 20 heavy (non-hydrogen) atoms. The van der Waals surface area contributed by atoms with Gasteiger partial charge in [0.05, 0.1) is 4.47 Å². The Morgan fingerprint density at radius 3 is 2.50 bits per heavy atom. The van der Waals surface area contributed by atoms with Crippen molar-refractivity contribution in [1.29, 1.82) is 0 Å². The van der Waals surface area contributed by atoms with Crippen molar-refractivity contribution < 1.29 is 4.39 Å². The van der Waals surface area contributed by atoms with Crippen molar-refractivity contribution in [1.82, 2.24) is 10.3 Å². The Labute approximate surface area is 127 Å². The first kappa shape index (κ1) is 15.1. The number of nitrogens with zero attached hydrogens (tertiary/aromatic N) is 1. The van der Waals surface area contributed by atoms with Gasteiger partial charge in [0, 0.05) is 17.4 Å². The number of hydrogen-bond acceptors (Lipinski definition) is 2. The predicted octanol–water partition coefficient (Wildman–Crippen LogP) is 4.10. The lowest BCUT2D eigenvalue weighted by Gasteiger charge is -2.18. The highest BCUT2D eigenvalue weighted by Gasteiger charge is 2.14. The van der Waals surface area contributed by atoms with Gasteiger partial charge < -0.3 is 5.32 Å². The van der Waals surface area contributed by atoms with Gasteiger partial charge in [0.2, 0.25) is 0 Å². The molecule has 0 amide bonds. The van der Waals surface area contributed by atoms with Crippen molar-refractivity contribution in [2.75, 3.05) is 7.05 Å². The smallest absolute Gasteiger partial charge is 0.137 e. The minimum Gasteiger partial charge on any atom is -0.313 e. The lowest BCUT2D eigenvalue weighted by Crippen LogP contribution is -2.19. The fourth-order valence-corrected chi connectivity index (χ4v) is 2.81. The molecule has 2 nitrogen and oxygen atoms in total. The Morgan fingerprint density at radius 2 is 1.90 bits per heavy atom. The van der Waals surface area contributed by atoms with Crippen LogP contribution in [0.3, 0.4) is 0 Å². The van der Waals surface area contributed by atoms with E-state index in [1.54, 1.807) is 6.07 Å². The molecule has 0 aliphatic heterocycles. The molecular formula is C16H18BrFN2. The zero-order chi connectivity index (χ0) is 14.7. The predicted molar refractivity (Wildman–Crippen MR) is 83.3 cm³/mol. The van der Waals surface area contributed by atoms with Gasteiger partial charge in [-0.3, -0.25) is 4.98 Å². The molecular weight excluding hydrogens is 319 g/mol.